The summed E-state index contributed by atoms with van der Waals surface area (Å²) in [6, 6.07) is 7.37. The topological polar surface area (TPSA) is 15.3 Å². The lowest BCUT2D eigenvalue weighted by molar-refractivity contribution is 0.327. The molecule has 1 aliphatic carbocycles. The molecule has 0 spiro atoms. The second-order valence-corrected chi connectivity index (χ2v) is 6.62. The quantitative estimate of drug-likeness (QED) is 0.824. The zero-order valence-electron chi connectivity index (χ0n) is 13.0. The van der Waals surface area contributed by atoms with Crippen molar-refractivity contribution in [2.45, 2.75) is 51.5 Å². The molecule has 0 amide bonds. The van der Waals surface area contributed by atoms with Crippen LogP contribution in [0.5, 0.6) is 0 Å². The van der Waals surface area contributed by atoms with Gasteiger partial charge in [-0.1, -0.05) is 25.1 Å². The number of fused-ring (bicyclic) bond motifs is 1. The van der Waals surface area contributed by atoms with Gasteiger partial charge in [-0.2, -0.15) is 0 Å². The number of rotatable bonds is 5. The van der Waals surface area contributed by atoms with E-state index >= 15 is 0 Å². The van der Waals surface area contributed by atoms with Gasteiger partial charge in [0.1, 0.15) is 0 Å². The second-order valence-electron chi connectivity index (χ2n) is 6.62. The molecule has 0 saturated carbocycles. The van der Waals surface area contributed by atoms with Crippen LogP contribution in [0.4, 0.5) is 0 Å². The molecule has 1 N–H and O–H groups in total. The van der Waals surface area contributed by atoms with Crippen LogP contribution in [-0.2, 0) is 0 Å². The molecule has 1 aliphatic heterocycles. The minimum atomic E-state index is 0.582. The summed E-state index contributed by atoms with van der Waals surface area (Å²) >= 11 is 0. The van der Waals surface area contributed by atoms with Crippen molar-refractivity contribution in [1.82, 2.24) is 10.2 Å². The lowest BCUT2D eigenvalue weighted by Gasteiger charge is -2.17. The first-order valence-electron chi connectivity index (χ1n) is 8.31. The molecule has 20 heavy (non-hydrogen) atoms. The van der Waals surface area contributed by atoms with E-state index in [0.29, 0.717) is 12.0 Å². The van der Waals surface area contributed by atoms with Crippen molar-refractivity contribution >= 4 is 0 Å². The maximum absolute atomic E-state index is 3.79. The molecular formula is C18H28N2. The fourth-order valence-corrected chi connectivity index (χ4v) is 4.06. The predicted molar refractivity (Wildman–Crippen MR) is 85.2 cm³/mol. The Labute approximate surface area is 123 Å². The molecule has 1 aromatic carbocycles. The Hall–Kier alpha value is -0.860. The van der Waals surface area contributed by atoms with Gasteiger partial charge in [0.15, 0.2) is 0 Å². The van der Waals surface area contributed by atoms with Gasteiger partial charge in [-0.25, -0.2) is 0 Å². The first-order chi connectivity index (χ1) is 9.75. The summed E-state index contributed by atoms with van der Waals surface area (Å²) in [7, 11) is 0. The molecule has 1 heterocycles. The molecule has 2 heteroatoms. The van der Waals surface area contributed by atoms with Crippen LogP contribution in [0.3, 0.4) is 0 Å². The van der Waals surface area contributed by atoms with Crippen molar-refractivity contribution in [2.75, 3.05) is 26.2 Å². The zero-order chi connectivity index (χ0) is 13.9. The summed E-state index contributed by atoms with van der Waals surface area (Å²) in [5.41, 5.74) is 4.62. The third-order valence-electron chi connectivity index (χ3n) is 5.06. The fraction of sp³-hybridized carbons (Fsp3) is 0.667. The van der Waals surface area contributed by atoms with E-state index in [2.05, 4.69) is 42.3 Å². The predicted octanol–water partition coefficient (Wildman–Crippen LogP) is 3.62. The molecule has 0 bridgehead atoms. The van der Waals surface area contributed by atoms with Crippen LogP contribution in [0.1, 0.15) is 61.3 Å². The largest absolute Gasteiger partial charge is 0.310 e. The van der Waals surface area contributed by atoms with E-state index in [-0.39, 0.29) is 0 Å². The Bertz CT molecular complexity index is 449. The normalized spacial score (nSPS) is 26.1. The lowest BCUT2D eigenvalue weighted by atomic mass is 9.98. The molecule has 1 aromatic rings. The lowest BCUT2D eigenvalue weighted by Crippen LogP contribution is -2.26. The molecular weight excluding hydrogens is 244 g/mol. The Morgan fingerprint density at radius 2 is 2.05 bits per heavy atom. The Morgan fingerprint density at radius 1 is 1.25 bits per heavy atom. The molecule has 3 rings (SSSR count). The highest BCUT2D eigenvalue weighted by atomic mass is 15.1. The summed E-state index contributed by atoms with van der Waals surface area (Å²) in [6.07, 6.45) is 5.36. The highest BCUT2D eigenvalue weighted by molar-refractivity contribution is 5.43. The summed E-state index contributed by atoms with van der Waals surface area (Å²) < 4.78 is 0. The number of hydrogen-bond donors (Lipinski definition) is 1. The van der Waals surface area contributed by atoms with Gasteiger partial charge < -0.3 is 10.2 Å². The first-order valence-corrected chi connectivity index (χ1v) is 8.31. The van der Waals surface area contributed by atoms with E-state index in [1.165, 1.54) is 50.9 Å². The molecule has 1 saturated heterocycles. The van der Waals surface area contributed by atoms with Gasteiger partial charge in [0.05, 0.1) is 0 Å². The van der Waals surface area contributed by atoms with E-state index in [1.54, 1.807) is 11.1 Å². The molecule has 2 nitrogen and oxygen atoms in total. The Kier molecular flexibility index (Phi) is 4.42. The fourth-order valence-electron chi connectivity index (χ4n) is 4.06. The third-order valence-corrected chi connectivity index (χ3v) is 5.06. The number of likely N-dealkylation sites (tertiary alicyclic amines) is 1. The summed E-state index contributed by atoms with van der Waals surface area (Å²) in [5.74, 6) is 0.710. The average Bonchev–Trinajstić information content (AvgIpc) is 3.04. The number of nitrogens with one attached hydrogen (secondary N) is 1. The molecule has 0 unspecified atom stereocenters. The number of nitrogens with zero attached hydrogens (tertiary/aromatic N) is 1. The second kappa shape index (κ2) is 6.28. The number of benzene rings is 1. The van der Waals surface area contributed by atoms with Gasteiger partial charge in [-0.15, -0.1) is 0 Å². The summed E-state index contributed by atoms with van der Waals surface area (Å²) in [4.78, 5) is 2.61. The van der Waals surface area contributed by atoms with Crippen molar-refractivity contribution in [1.29, 1.82) is 0 Å². The third kappa shape index (κ3) is 2.91. The molecule has 0 aromatic heterocycles. The van der Waals surface area contributed by atoms with E-state index in [9.17, 15) is 0 Å². The van der Waals surface area contributed by atoms with Crippen molar-refractivity contribution in [3.63, 3.8) is 0 Å². The summed E-state index contributed by atoms with van der Waals surface area (Å²) in [5, 5.41) is 3.79. The molecule has 2 aliphatic rings. The smallest absolute Gasteiger partial charge is 0.0328 e. The maximum atomic E-state index is 3.79. The minimum Gasteiger partial charge on any atom is -0.310 e. The van der Waals surface area contributed by atoms with Gasteiger partial charge in [-0.3, -0.25) is 0 Å². The van der Waals surface area contributed by atoms with Crippen LogP contribution in [0, 0.1) is 6.92 Å². The van der Waals surface area contributed by atoms with Crippen molar-refractivity contribution < 1.29 is 0 Å². The number of aryl methyl sites for hydroxylation is 1. The molecule has 1 fully saturated rings. The van der Waals surface area contributed by atoms with Crippen LogP contribution < -0.4 is 5.32 Å². The van der Waals surface area contributed by atoms with Gasteiger partial charge in [0, 0.05) is 6.04 Å². The van der Waals surface area contributed by atoms with Crippen molar-refractivity contribution in [3.05, 3.63) is 34.9 Å². The highest BCUT2D eigenvalue weighted by Crippen LogP contribution is 2.41. The zero-order valence-corrected chi connectivity index (χ0v) is 13.0. The van der Waals surface area contributed by atoms with Crippen LogP contribution in [0.2, 0.25) is 0 Å². The molecule has 0 radical (unpaired) electrons. The SMILES string of the molecule is Cc1cccc2c1[C@H](C)C[C@H]2NCCCN1CCCC1. The van der Waals surface area contributed by atoms with Crippen LogP contribution >= 0.6 is 0 Å². The van der Waals surface area contributed by atoms with E-state index in [4.69, 9.17) is 0 Å². The van der Waals surface area contributed by atoms with Crippen molar-refractivity contribution in [2.24, 2.45) is 0 Å². The van der Waals surface area contributed by atoms with Crippen LogP contribution in [0.15, 0.2) is 18.2 Å². The Morgan fingerprint density at radius 3 is 2.85 bits per heavy atom. The van der Waals surface area contributed by atoms with E-state index in [1.807, 2.05) is 0 Å². The molecule has 2 atom stereocenters. The van der Waals surface area contributed by atoms with Crippen molar-refractivity contribution in [3.8, 4) is 0 Å². The minimum absolute atomic E-state index is 0.582. The Balaban J connectivity index is 1.51. The monoisotopic (exact) mass is 272 g/mol. The average molecular weight is 272 g/mol. The van der Waals surface area contributed by atoms with Crippen LogP contribution in [-0.4, -0.2) is 31.1 Å². The van der Waals surface area contributed by atoms with Gasteiger partial charge in [0.25, 0.3) is 0 Å². The van der Waals surface area contributed by atoms with E-state index in [0.717, 1.165) is 6.54 Å². The molecule has 110 valence electrons. The maximum Gasteiger partial charge on any atom is 0.0328 e. The van der Waals surface area contributed by atoms with Gasteiger partial charge in [-0.05, 0) is 81.4 Å². The highest BCUT2D eigenvalue weighted by Gasteiger charge is 2.28. The van der Waals surface area contributed by atoms with E-state index < -0.39 is 0 Å². The number of hydrogen-bond acceptors (Lipinski definition) is 2. The summed E-state index contributed by atoms with van der Waals surface area (Å²) in [6.45, 7) is 9.70. The first kappa shape index (κ1) is 14.1. The standard InChI is InChI=1S/C18H28N2/c1-14-7-5-8-16-17(13-15(2)18(14)16)19-9-6-12-20-10-3-4-11-20/h5,7-8,15,17,19H,3-4,6,9-13H2,1-2H3/t15-,17-/m1/s1. The van der Waals surface area contributed by atoms with Gasteiger partial charge >= 0.3 is 0 Å². The van der Waals surface area contributed by atoms with Crippen LogP contribution in [0.25, 0.3) is 0 Å². The van der Waals surface area contributed by atoms with Gasteiger partial charge in [0.2, 0.25) is 0 Å².